The molecule has 0 amide bonds. The zero-order chi connectivity index (χ0) is 13.5. The molecule has 0 aliphatic carbocycles. The average Bonchev–Trinajstić information content (AvgIpc) is 2.70. The van der Waals surface area contributed by atoms with Crippen LogP contribution in [0.1, 0.15) is 38.9 Å². The van der Waals surface area contributed by atoms with Gasteiger partial charge in [-0.15, -0.1) is 0 Å². The van der Waals surface area contributed by atoms with Crippen LogP contribution in [0.4, 0.5) is 0 Å². The van der Waals surface area contributed by atoms with Crippen LogP contribution in [0.2, 0.25) is 5.02 Å². The van der Waals surface area contributed by atoms with E-state index in [1.165, 1.54) is 0 Å². The number of nitrogens with one attached hydrogen (secondary N) is 1. The molecule has 0 saturated carbocycles. The van der Waals surface area contributed by atoms with E-state index < -0.39 is 0 Å². The standard InChI is InChI=1S/C13H24ClN3O/c1-5-15-12(7-10(3)9-18-4)13-11(14)8-16-17(13)6-2/h8,10,12,15H,5-7,9H2,1-4H3. The molecule has 0 fully saturated rings. The molecule has 5 heteroatoms. The summed E-state index contributed by atoms with van der Waals surface area (Å²) < 4.78 is 7.17. The van der Waals surface area contributed by atoms with Crippen LogP contribution in [0.25, 0.3) is 0 Å². The first-order chi connectivity index (χ1) is 8.63. The van der Waals surface area contributed by atoms with Crippen molar-refractivity contribution in [2.45, 2.75) is 39.8 Å². The van der Waals surface area contributed by atoms with Crippen molar-refractivity contribution in [2.24, 2.45) is 5.92 Å². The first kappa shape index (κ1) is 15.5. The summed E-state index contributed by atoms with van der Waals surface area (Å²) in [5, 5.41) is 8.54. The monoisotopic (exact) mass is 273 g/mol. The Labute approximate surface area is 115 Å². The van der Waals surface area contributed by atoms with Gasteiger partial charge in [-0.2, -0.15) is 5.10 Å². The molecule has 0 aliphatic rings. The molecule has 2 atom stereocenters. The van der Waals surface area contributed by atoms with Crippen molar-refractivity contribution in [1.82, 2.24) is 15.1 Å². The fraction of sp³-hybridized carbons (Fsp3) is 0.769. The lowest BCUT2D eigenvalue weighted by atomic mass is 10.00. The summed E-state index contributed by atoms with van der Waals surface area (Å²) in [5.74, 6) is 0.482. The highest BCUT2D eigenvalue weighted by molar-refractivity contribution is 6.31. The van der Waals surface area contributed by atoms with Gasteiger partial charge in [0.2, 0.25) is 0 Å². The summed E-state index contributed by atoms with van der Waals surface area (Å²) in [7, 11) is 1.74. The van der Waals surface area contributed by atoms with Gasteiger partial charge in [-0.05, 0) is 25.8 Å². The predicted octanol–water partition coefficient (Wildman–Crippen LogP) is 2.88. The van der Waals surface area contributed by atoms with Gasteiger partial charge in [-0.25, -0.2) is 0 Å². The van der Waals surface area contributed by atoms with Crippen LogP contribution in [0.5, 0.6) is 0 Å². The van der Waals surface area contributed by atoms with Crippen LogP contribution in [0.3, 0.4) is 0 Å². The highest BCUT2D eigenvalue weighted by Crippen LogP contribution is 2.27. The summed E-state index contributed by atoms with van der Waals surface area (Å²) in [6.45, 7) is 8.88. The fourth-order valence-corrected chi connectivity index (χ4v) is 2.54. The Bertz CT molecular complexity index is 354. The van der Waals surface area contributed by atoms with E-state index in [1.807, 2.05) is 4.68 Å². The molecule has 1 N–H and O–H groups in total. The van der Waals surface area contributed by atoms with Gasteiger partial charge in [0, 0.05) is 20.3 Å². The van der Waals surface area contributed by atoms with E-state index in [2.05, 4.69) is 31.2 Å². The van der Waals surface area contributed by atoms with E-state index in [0.29, 0.717) is 5.92 Å². The van der Waals surface area contributed by atoms with Gasteiger partial charge in [0.1, 0.15) is 0 Å². The Morgan fingerprint density at radius 1 is 1.50 bits per heavy atom. The Morgan fingerprint density at radius 2 is 2.22 bits per heavy atom. The molecule has 0 aliphatic heterocycles. The number of methoxy groups -OCH3 is 1. The number of ether oxygens (including phenoxy) is 1. The van der Waals surface area contributed by atoms with Gasteiger partial charge in [-0.1, -0.05) is 25.4 Å². The van der Waals surface area contributed by atoms with Crippen molar-refractivity contribution in [1.29, 1.82) is 0 Å². The largest absolute Gasteiger partial charge is 0.384 e. The number of halogens is 1. The lowest BCUT2D eigenvalue weighted by Gasteiger charge is -2.22. The molecule has 2 unspecified atom stereocenters. The molecule has 1 rings (SSSR count). The Morgan fingerprint density at radius 3 is 2.78 bits per heavy atom. The number of nitrogens with zero attached hydrogens (tertiary/aromatic N) is 2. The zero-order valence-electron chi connectivity index (χ0n) is 11.7. The van der Waals surface area contributed by atoms with E-state index in [9.17, 15) is 0 Å². The lowest BCUT2D eigenvalue weighted by Crippen LogP contribution is -2.26. The van der Waals surface area contributed by atoms with Crippen LogP contribution >= 0.6 is 11.6 Å². The topological polar surface area (TPSA) is 39.1 Å². The lowest BCUT2D eigenvalue weighted by molar-refractivity contribution is 0.148. The Kier molecular flexibility index (Phi) is 6.68. The van der Waals surface area contributed by atoms with E-state index in [4.69, 9.17) is 16.3 Å². The van der Waals surface area contributed by atoms with Crippen LogP contribution in [0.15, 0.2) is 6.20 Å². The fourth-order valence-electron chi connectivity index (χ4n) is 2.26. The van der Waals surface area contributed by atoms with Crippen LogP contribution in [0, 0.1) is 5.92 Å². The first-order valence-corrected chi connectivity index (χ1v) is 6.95. The van der Waals surface area contributed by atoms with Crippen molar-refractivity contribution in [3.05, 3.63) is 16.9 Å². The van der Waals surface area contributed by atoms with Crippen molar-refractivity contribution >= 4 is 11.6 Å². The molecule has 0 spiro atoms. The molecular weight excluding hydrogens is 250 g/mol. The van der Waals surface area contributed by atoms with Crippen molar-refractivity contribution in [3.63, 3.8) is 0 Å². The van der Waals surface area contributed by atoms with Crippen molar-refractivity contribution in [2.75, 3.05) is 20.3 Å². The zero-order valence-corrected chi connectivity index (χ0v) is 12.5. The third kappa shape index (κ3) is 3.97. The molecule has 1 heterocycles. The number of rotatable bonds is 8. The second-order valence-corrected chi connectivity index (χ2v) is 5.01. The third-order valence-electron chi connectivity index (χ3n) is 3.00. The molecular formula is C13H24ClN3O. The summed E-state index contributed by atoms with van der Waals surface area (Å²) in [6.07, 6.45) is 2.72. The summed E-state index contributed by atoms with van der Waals surface area (Å²) in [6, 6.07) is 0.232. The molecule has 0 saturated heterocycles. The Hall–Kier alpha value is -0.580. The first-order valence-electron chi connectivity index (χ1n) is 6.57. The van der Waals surface area contributed by atoms with Crippen LogP contribution in [-0.4, -0.2) is 30.0 Å². The number of hydrogen-bond acceptors (Lipinski definition) is 3. The maximum atomic E-state index is 6.26. The molecule has 0 bridgehead atoms. The summed E-state index contributed by atoms with van der Waals surface area (Å²) in [5.41, 5.74) is 1.09. The molecule has 4 nitrogen and oxygen atoms in total. The van der Waals surface area contributed by atoms with Crippen LogP contribution < -0.4 is 5.32 Å². The molecule has 1 aromatic rings. The number of aromatic nitrogens is 2. The van der Waals surface area contributed by atoms with Gasteiger partial charge in [0.05, 0.1) is 23.0 Å². The molecule has 0 radical (unpaired) electrons. The van der Waals surface area contributed by atoms with E-state index in [0.717, 1.165) is 36.8 Å². The van der Waals surface area contributed by atoms with Gasteiger partial charge in [-0.3, -0.25) is 4.68 Å². The summed E-state index contributed by atoms with van der Waals surface area (Å²) in [4.78, 5) is 0. The van der Waals surface area contributed by atoms with E-state index >= 15 is 0 Å². The molecule has 1 aromatic heterocycles. The maximum Gasteiger partial charge on any atom is 0.0834 e. The van der Waals surface area contributed by atoms with Crippen molar-refractivity contribution < 1.29 is 4.74 Å². The van der Waals surface area contributed by atoms with Gasteiger partial charge < -0.3 is 10.1 Å². The highest BCUT2D eigenvalue weighted by atomic mass is 35.5. The SMILES string of the molecule is CCNC(CC(C)COC)c1c(Cl)cnn1CC. The highest BCUT2D eigenvalue weighted by Gasteiger charge is 2.21. The van der Waals surface area contributed by atoms with Crippen LogP contribution in [-0.2, 0) is 11.3 Å². The van der Waals surface area contributed by atoms with Crippen molar-refractivity contribution in [3.8, 4) is 0 Å². The average molecular weight is 274 g/mol. The van der Waals surface area contributed by atoms with E-state index in [1.54, 1.807) is 13.3 Å². The number of aryl methyl sites for hydroxylation is 1. The van der Waals surface area contributed by atoms with Gasteiger partial charge in [0.15, 0.2) is 0 Å². The predicted molar refractivity (Wildman–Crippen MR) is 75.0 cm³/mol. The quantitative estimate of drug-likeness (QED) is 0.792. The minimum Gasteiger partial charge on any atom is -0.384 e. The normalized spacial score (nSPS) is 14.7. The minimum absolute atomic E-state index is 0.232. The van der Waals surface area contributed by atoms with Gasteiger partial charge in [0.25, 0.3) is 0 Å². The Balaban J connectivity index is 2.85. The van der Waals surface area contributed by atoms with E-state index in [-0.39, 0.29) is 6.04 Å². The smallest absolute Gasteiger partial charge is 0.0834 e. The number of hydrogen-bond donors (Lipinski definition) is 1. The second kappa shape index (κ2) is 7.77. The molecule has 0 aromatic carbocycles. The second-order valence-electron chi connectivity index (χ2n) is 4.60. The van der Waals surface area contributed by atoms with Gasteiger partial charge >= 0.3 is 0 Å². The molecule has 104 valence electrons. The minimum atomic E-state index is 0.232. The molecule has 18 heavy (non-hydrogen) atoms. The maximum absolute atomic E-state index is 6.26. The third-order valence-corrected chi connectivity index (χ3v) is 3.29. The summed E-state index contributed by atoms with van der Waals surface area (Å²) >= 11 is 6.26.